The summed E-state index contributed by atoms with van der Waals surface area (Å²) in [7, 11) is 4.27. The van der Waals surface area contributed by atoms with E-state index in [1.165, 1.54) is 28.7 Å². The molecule has 116 valence electrons. The monoisotopic (exact) mass is 321 g/mol. The summed E-state index contributed by atoms with van der Waals surface area (Å²) in [5.41, 5.74) is -0.601. The quantitative estimate of drug-likeness (QED) is 0.441. The fourth-order valence-corrected chi connectivity index (χ4v) is 2.94. The minimum absolute atomic E-state index is 0.407. The van der Waals surface area contributed by atoms with Crippen LogP contribution < -0.4 is 5.32 Å². The minimum Gasteiger partial charge on any atom is -0.467 e. The molecule has 0 fully saturated rings. The highest BCUT2D eigenvalue weighted by Crippen LogP contribution is 2.23. The van der Waals surface area contributed by atoms with E-state index < -0.39 is 23.7 Å². The zero-order chi connectivity index (χ0) is 15.6. The van der Waals surface area contributed by atoms with Crippen LogP contribution in [-0.4, -0.2) is 36.6 Å². The maximum Gasteiger partial charge on any atom is 0.408 e. The standard InChI is InChI=1S/C13H23NO4S2/c1-6-7-8-19-20-9-10(11(15)17-5)14-12(16)18-13(2,3)4/h7-8,10H,6,9H2,1-5H3,(H,14,16)/b8-7+/t10-/m0/s1. The van der Waals surface area contributed by atoms with Crippen molar-refractivity contribution in [3.8, 4) is 0 Å². The van der Waals surface area contributed by atoms with Crippen molar-refractivity contribution in [2.75, 3.05) is 12.9 Å². The van der Waals surface area contributed by atoms with E-state index in [0.29, 0.717) is 5.75 Å². The Labute approximate surface area is 128 Å². The first-order valence-electron chi connectivity index (χ1n) is 6.30. The number of ether oxygens (including phenoxy) is 2. The Kier molecular flexibility index (Phi) is 9.58. The predicted octanol–water partition coefficient (Wildman–Crippen LogP) is 3.36. The molecule has 0 aromatic heterocycles. The number of alkyl carbamates (subject to hydrolysis) is 1. The van der Waals surface area contributed by atoms with E-state index >= 15 is 0 Å². The minimum atomic E-state index is -0.720. The van der Waals surface area contributed by atoms with E-state index in [9.17, 15) is 9.59 Å². The van der Waals surface area contributed by atoms with Gasteiger partial charge in [0.2, 0.25) is 0 Å². The van der Waals surface area contributed by atoms with Gasteiger partial charge in [-0.05, 0) is 32.6 Å². The van der Waals surface area contributed by atoms with Crippen molar-refractivity contribution in [3.63, 3.8) is 0 Å². The number of esters is 1. The molecule has 0 rings (SSSR count). The highest BCUT2D eigenvalue weighted by Gasteiger charge is 2.24. The Hall–Kier alpha value is -0.820. The molecule has 0 aliphatic heterocycles. The van der Waals surface area contributed by atoms with Gasteiger partial charge in [-0.2, -0.15) is 0 Å². The number of hydrogen-bond donors (Lipinski definition) is 1. The van der Waals surface area contributed by atoms with Crippen LogP contribution in [0.15, 0.2) is 11.5 Å². The molecule has 0 aromatic rings. The van der Waals surface area contributed by atoms with Crippen LogP contribution in [0, 0.1) is 0 Å². The molecule has 0 radical (unpaired) electrons. The maximum absolute atomic E-state index is 11.7. The van der Waals surface area contributed by atoms with Crippen molar-refractivity contribution in [3.05, 3.63) is 11.5 Å². The largest absolute Gasteiger partial charge is 0.467 e. The molecular formula is C13H23NO4S2. The van der Waals surface area contributed by atoms with Gasteiger partial charge in [0.1, 0.15) is 11.6 Å². The molecule has 0 spiro atoms. The molecule has 5 nitrogen and oxygen atoms in total. The lowest BCUT2D eigenvalue weighted by Gasteiger charge is -2.22. The van der Waals surface area contributed by atoms with Crippen LogP contribution in [0.25, 0.3) is 0 Å². The lowest BCUT2D eigenvalue weighted by Crippen LogP contribution is -2.45. The first-order valence-corrected chi connectivity index (χ1v) is 8.69. The molecule has 0 unspecified atom stereocenters. The first kappa shape index (κ1) is 19.2. The van der Waals surface area contributed by atoms with Gasteiger partial charge in [0.25, 0.3) is 0 Å². The summed E-state index contributed by atoms with van der Waals surface area (Å²) in [6.45, 7) is 7.34. The van der Waals surface area contributed by atoms with E-state index in [-0.39, 0.29) is 0 Å². The number of amides is 1. The molecule has 1 N–H and O–H groups in total. The zero-order valence-electron chi connectivity index (χ0n) is 12.6. The summed E-state index contributed by atoms with van der Waals surface area (Å²) >= 11 is 0. The number of carbonyl (C=O) groups excluding carboxylic acids is 2. The van der Waals surface area contributed by atoms with Crippen LogP contribution >= 0.6 is 21.6 Å². The molecule has 0 aliphatic carbocycles. The molecule has 20 heavy (non-hydrogen) atoms. The summed E-state index contributed by atoms with van der Waals surface area (Å²) < 4.78 is 9.79. The SMILES string of the molecule is CC/C=C/SSC[C@H](NC(=O)OC(C)(C)C)C(=O)OC. The fraction of sp³-hybridized carbons (Fsp3) is 0.692. The number of nitrogens with one attached hydrogen (secondary N) is 1. The smallest absolute Gasteiger partial charge is 0.408 e. The van der Waals surface area contributed by atoms with Gasteiger partial charge < -0.3 is 14.8 Å². The van der Waals surface area contributed by atoms with E-state index in [4.69, 9.17) is 4.74 Å². The normalized spacial score (nSPS) is 13.1. The Bertz CT molecular complexity index is 340. The second kappa shape index (κ2) is 9.99. The second-order valence-electron chi connectivity index (χ2n) is 4.88. The van der Waals surface area contributed by atoms with Gasteiger partial charge >= 0.3 is 12.1 Å². The molecule has 0 aliphatic rings. The number of allylic oxidation sites excluding steroid dienone is 1. The maximum atomic E-state index is 11.7. The van der Waals surface area contributed by atoms with Gasteiger partial charge in [-0.3, -0.25) is 0 Å². The average molecular weight is 321 g/mol. The molecule has 0 saturated heterocycles. The summed E-state index contributed by atoms with van der Waals surface area (Å²) in [5.74, 6) is -0.0756. The highest BCUT2D eigenvalue weighted by molar-refractivity contribution is 8.77. The third kappa shape index (κ3) is 10.0. The Morgan fingerprint density at radius 2 is 2.00 bits per heavy atom. The van der Waals surface area contributed by atoms with Gasteiger partial charge in [-0.25, -0.2) is 9.59 Å². The predicted molar refractivity (Wildman–Crippen MR) is 84.7 cm³/mol. The van der Waals surface area contributed by atoms with Crippen molar-refractivity contribution in [1.82, 2.24) is 5.32 Å². The fourth-order valence-electron chi connectivity index (χ4n) is 1.04. The van der Waals surface area contributed by atoms with Gasteiger partial charge in [-0.1, -0.05) is 34.6 Å². The zero-order valence-corrected chi connectivity index (χ0v) is 14.2. The molecule has 7 heteroatoms. The third-order valence-corrected chi connectivity index (χ3v) is 3.93. The number of rotatable bonds is 7. The summed E-state index contributed by atoms with van der Waals surface area (Å²) in [6.07, 6.45) is 2.36. The number of hydrogen-bond acceptors (Lipinski definition) is 6. The average Bonchev–Trinajstić information content (AvgIpc) is 2.34. The van der Waals surface area contributed by atoms with Crippen LogP contribution in [0.1, 0.15) is 34.1 Å². The van der Waals surface area contributed by atoms with Crippen molar-refractivity contribution in [2.45, 2.75) is 45.8 Å². The summed E-state index contributed by atoms with van der Waals surface area (Å²) in [6, 6.07) is -0.720. The van der Waals surface area contributed by atoms with Crippen LogP contribution in [0.3, 0.4) is 0 Å². The van der Waals surface area contributed by atoms with E-state index in [0.717, 1.165) is 6.42 Å². The van der Waals surface area contributed by atoms with Crippen molar-refractivity contribution < 1.29 is 19.1 Å². The topological polar surface area (TPSA) is 64.6 Å². The van der Waals surface area contributed by atoms with Crippen LogP contribution in [0.2, 0.25) is 0 Å². The Morgan fingerprint density at radius 1 is 1.35 bits per heavy atom. The molecule has 1 atom stereocenters. The van der Waals surface area contributed by atoms with Crippen LogP contribution in [0.5, 0.6) is 0 Å². The number of carbonyl (C=O) groups is 2. The highest BCUT2D eigenvalue weighted by atomic mass is 33.1. The molecule has 0 heterocycles. The molecule has 1 amide bonds. The van der Waals surface area contributed by atoms with Gasteiger partial charge in [-0.15, -0.1) is 0 Å². The van der Waals surface area contributed by atoms with Gasteiger partial charge in [0.15, 0.2) is 0 Å². The lowest BCUT2D eigenvalue weighted by molar-refractivity contribution is -0.142. The van der Waals surface area contributed by atoms with E-state index in [2.05, 4.69) is 10.1 Å². The van der Waals surface area contributed by atoms with E-state index in [1.54, 1.807) is 20.8 Å². The van der Waals surface area contributed by atoms with E-state index in [1.807, 2.05) is 18.4 Å². The Morgan fingerprint density at radius 3 is 2.50 bits per heavy atom. The second-order valence-corrected chi connectivity index (χ2v) is 7.20. The van der Waals surface area contributed by atoms with Crippen molar-refractivity contribution in [2.24, 2.45) is 0 Å². The van der Waals surface area contributed by atoms with Crippen LogP contribution in [0.4, 0.5) is 4.79 Å². The summed E-state index contributed by atoms with van der Waals surface area (Å²) in [5, 5.41) is 4.47. The van der Waals surface area contributed by atoms with Crippen molar-refractivity contribution in [1.29, 1.82) is 0 Å². The number of methoxy groups -OCH3 is 1. The Balaban J connectivity index is 4.32. The summed E-state index contributed by atoms with van der Waals surface area (Å²) in [4.78, 5) is 23.3. The van der Waals surface area contributed by atoms with Crippen LogP contribution in [-0.2, 0) is 14.3 Å². The molecular weight excluding hydrogens is 298 g/mol. The first-order chi connectivity index (χ1) is 9.30. The third-order valence-electron chi connectivity index (χ3n) is 1.87. The van der Waals surface area contributed by atoms with Gasteiger partial charge in [0.05, 0.1) is 7.11 Å². The van der Waals surface area contributed by atoms with Crippen molar-refractivity contribution >= 4 is 33.7 Å². The molecule has 0 aromatic carbocycles. The lowest BCUT2D eigenvalue weighted by atomic mass is 10.2. The molecule has 0 bridgehead atoms. The van der Waals surface area contributed by atoms with Gasteiger partial charge in [0, 0.05) is 5.75 Å². The molecule has 0 saturated carbocycles.